The van der Waals surface area contributed by atoms with Crippen LogP contribution in [0.3, 0.4) is 0 Å². The van der Waals surface area contributed by atoms with Crippen LogP contribution in [0, 0.1) is 11.6 Å². The molecule has 42 heavy (non-hydrogen) atoms. The van der Waals surface area contributed by atoms with Gasteiger partial charge in [-0.05, 0) is 75.4 Å². The van der Waals surface area contributed by atoms with Gasteiger partial charge in [-0.15, -0.1) is 0 Å². The third kappa shape index (κ3) is 6.51. The summed E-state index contributed by atoms with van der Waals surface area (Å²) in [6.07, 6.45) is 1.29. The van der Waals surface area contributed by atoms with Crippen molar-refractivity contribution in [2.24, 2.45) is 0 Å². The molecule has 1 saturated heterocycles. The van der Waals surface area contributed by atoms with E-state index in [1.807, 2.05) is 25.7 Å². The number of anilines is 2. The van der Waals surface area contributed by atoms with Crippen LogP contribution in [0.1, 0.15) is 47.1 Å². The van der Waals surface area contributed by atoms with E-state index in [0.717, 1.165) is 12.1 Å². The minimum Gasteiger partial charge on any atom is -0.444 e. The normalized spacial score (nSPS) is 13.6. The highest BCUT2D eigenvalue weighted by molar-refractivity contribution is 6.11. The largest absolute Gasteiger partial charge is 0.444 e. The number of hydrogen-bond acceptors (Lipinski definition) is 7. The van der Waals surface area contributed by atoms with E-state index in [-0.39, 0.29) is 28.5 Å². The zero-order valence-electron chi connectivity index (χ0n) is 23.4. The Morgan fingerprint density at radius 3 is 2.33 bits per heavy atom. The molecular formula is C31H29F2N5O4. The number of ketones is 1. The third-order valence-corrected chi connectivity index (χ3v) is 6.61. The van der Waals surface area contributed by atoms with Crippen molar-refractivity contribution < 1.29 is 27.9 Å². The van der Waals surface area contributed by atoms with Crippen molar-refractivity contribution in [2.75, 3.05) is 36.4 Å². The van der Waals surface area contributed by atoms with E-state index in [4.69, 9.17) is 4.74 Å². The number of aromatic nitrogens is 2. The summed E-state index contributed by atoms with van der Waals surface area (Å²) in [5.74, 6) is -1.96. The number of carbonyl (C=O) groups is 3. The highest BCUT2D eigenvalue weighted by Crippen LogP contribution is 2.23. The molecule has 0 atom stereocenters. The maximum atomic E-state index is 15.0. The van der Waals surface area contributed by atoms with Gasteiger partial charge in [0.05, 0.1) is 22.8 Å². The molecule has 9 nitrogen and oxygen atoms in total. The Morgan fingerprint density at radius 2 is 1.64 bits per heavy atom. The molecule has 216 valence electrons. The molecule has 4 aromatic rings. The van der Waals surface area contributed by atoms with Crippen LogP contribution in [0.25, 0.3) is 11.0 Å². The predicted octanol–water partition coefficient (Wildman–Crippen LogP) is 5.45. The van der Waals surface area contributed by atoms with Gasteiger partial charge in [0.15, 0.2) is 5.78 Å². The fraction of sp³-hybridized carbons (Fsp3) is 0.258. The highest BCUT2D eigenvalue weighted by atomic mass is 19.1. The molecule has 3 aromatic carbocycles. The van der Waals surface area contributed by atoms with Crippen molar-refractivity contribution in [1.82, 2.24) is 14.9 Å². The van der Waals surface area contributed by atoms with Crippen LogP contribution in [0.2, 0.25) is 0 Å². The summed E-state index contributed by atoms with van der Waals surface area (Å²) in [6, 6.07) is 13.6. The van der Waals surface area contributed by atoms with Crippen molar-refractivity contribution in [3.05, 3.63) is 95.2 Å². The number of rotatable bonds is 5. The summed E-state index contributed by atoms with van der Waals surface area (Å²) in [5.41, 5.74) is 0.708. The zero-order valence-corrected chi connectivity index (χ0v) is 23.4. The molecule has 1 N–H and O–H groups in total. The first kappa shape index (κ1) is 28.6. The lowest BCUT2D eigenvalue weighted by Gasteiger charge is -2.36. The van der Waals surface area contributed by atoms with E-state index < -0.39 is 28.9 Å². The molecule has 1 aliphatic rings. The summed E-state index contributed by atoms with van der Waals surface area (Å²) in [5, 5.41) is 2.50. The fourth-order valence-corrected chi connectivity index (χ4v) is 4.51. The van der Waals surface area contributed by atoms with Gasteiger partial charge in [-0.1, -0.05) is 6.07 Å². The van der Waals surface area contributed by atoms with E-state index in [1.54, 1.807) is 29.3 Å². The minimum absolute atomic E-state index is 0.0807. The molecule has 0 spiro atoms. The van der Waals surface area contributed by atoms with Crippen LogP contribution >= 0.6 is 0 Å². The van der Waals surface area contributed by atoms with E-state index in [0.29, 0.717) is 43.0 Å². The zero-order chi connectivity index (χ0) is 30.0. The lowest BCUT2D eigenvalue weighted by Crippen LogP contribution is -2.50. The second kappa shape index (κ2) is 11.5. The quantitative estimate of drug-likeness (QED) is 0.317. The molecule has 0 bridgehead atoms. The average molecular weight is 574 g/mol. The number of nitrogens with zero attached hydrogens (tertiary/aromatic N) is 4. The monoisotopic (exact) mass is 573 g/mol. The fourth-order valence-electron chi connectivity index (χ4n) is 4.51. The third-order valence-electron chi connectivity index (χ3n) is 6.61. The van der Waals surface area contributed by atoms with Crippen LogP contribution in [0.5, 0.6) is 0 Å². The van der Waals surface area contributed by atoms with Crippen molar-refractivity contribution in [3.63, 3.8) is 0 Å². The summed E-state index contributed by atoms with van der Waals surface area (Å²) in [7, 11) is 0. The Balaban J connectivity index is 1.29. The Bertz CT molecular complexity index is 1680. The number of fused-ring (bicyclic) bond motifs is 1. The Morgan fingerprint density at radius 1 is 0.881 bits per heavy atom. The second-order valence-corrected chi connectivity index (χ2v) is 10.9. The van der Waals surface area contributed by atoms with Gasteiger partial charge in [-0.25, -0.2) is 18.6 Å². The molecule has 0 saturated carbocycles. The van der Waals surface area contributed by atoms with Gasteiger partial charge in [-0.3, -0.25) is 14.6 Å². The average Bonchev–Trinajstić information content (AvgIpc) is 2.95. The summed E-state index contributed by atoms with van der Waals surface area (Å²) in [4.78, 5) is 50.8. The van der Waals surface area contributed by atoms with E-state index >= 15 is 0 Å². The summed E-state index contributed by atoms with van der Waals surface area (Å²) >= 11 is 0. The Hall–Kier alpha value is -4.93. The summed E-state index contributed by atoms with van der Waals surface area (Å²) < 4.78 is 33.9. The molecule has 11 heteroatoms. The molecule has 0 unspecified atom stereocenters. The molecule has 2 heterocycles. The maximum Gasteiger partial charge on any atom is 0.410 e. The van der Waals surface area contributed by atoms with Crippen LogP contribution in [-0.4, -0.2) is 64.4 Å². The highest BCUT2D eigenvalue weighted by Gasteiger charge is 2.26. The number of carbonyl (C=O) groups excluding carboxylic acids is 3. The number of benzene rings is 3. The van der Waals surface area contributed by atoms with Crippen LogP contribution < -0.4 is 10.2 Å². The van der Waals surface area contributed by atoms with Crippen molar-refractivity contribution in [1.29, 1.82) is 0 Å². The number of amides is 2. The molecule has 1 fully saturated rings. The van der Waals surface area contributed by atoms with E-state index in [1.165, 1.54) is 30.3 Å². The predicted molar refractivity (Wildman–Crippen MR) is 154 cm³/mol. The first-order chi connectivity index (χ1) is 20.0. The topological polar surface area (TPSA) is 105 Å². The smallest absolute Gasteiger partial charge is 0.410 e. The van der Waals surface area contributed by atoms with Crippen molar-refractivity contribution in [3.8, 4) is 0 Å². The van der Waals surface area contributed by atoms with Gasteiger partial charge in [0.25, 0.3) is 5.91 Å². The van der Waals surface area contributed by atoms with Crippen LogP contribution in [0.4, 0.5) is 25.1 Å². The van der Waals surface area contributed by atoms with Gasteiger partial charge in [0.2, 0.25) is 0 Å². The number of piperazine rings is 1. The molecule has 2 amide bonds. The van der Waals surface area contributed by atoms with Gasteiger partial charge in [0, 0.05) is 43.0 Å². The van der Waals surface area contributed by atoms with Gasteiger partial charge in [-0.2, -0.15) is 0 Å². The lowest BCUT2D eigenvalue weighted by atomic mass is 10.0. The van der Waals surface area contributed by atoms with Crippen LogP contribution in [-0.2, 0) is 4.74 Å². The lowest BCUT2D eigenvalue weighted by molar-refractivity contribution is 0.0240. The minimum atomic E-state index is -0.820. The molecule has 5 rings (SSSR count). The van der Waals surface area contributed by atoms with Gasteiger partial charge >= 0.3 is 6.09 Å². The van der Waals surface area contributed by atoms with Gasteiger partial charge in [0.1, 0.15) is 23.1 Å². The Labute approximate surface area is 241 Å². The first-order valence-electron chi connectivity index (χ1n) is 13.4. The van der Waals surface area contributed by atoms with E-state index in [2.05, 4.69) is 15.3 Å². The second-order valence-electron chi connectivity index (χ2n) is 10.9. The van der Waals surface area contributed by atoms with Crippen LogP contribution in [0.15, 0.2) is 66.9 Å². The first-order valence-corrected chi connectivity index (χ1v) is 13.4. The number of halogens is 2. The molecule has 1 aromatic heterocycles. The maximum absolute atomic E-state index is 15.0. The Kier molecular flexibility index (Phi) is 7.84. The van der Waals surface area contributed by atoms with Gasteiger partial charge < -0.3 is 19.9 Å². The number of nitrogens with one attached hydrogen (secondary N) is 1. The molecule has 1 aliphatic heterocycles. The number of ether oxygens (including phenoxy) is 1. The SMILES string of the molecule is CC(C)(C)OC(=O)N1CCN(c2cnc3ccc(C(=O)c4ccc(NC(=O)c5cccc(F)c5)cc4F)cc3n2)CC1. The number of hydrogen-bond donors (Lipinski definition) is 1. The van der Waals surface area contributed by atoms with Crippen molar-refractivity contribution >= 4 is 40.3 Å². The molecular weight excluding hydrogens is 544 g/mol. The summed E-state index contributed by atoms with van der Waals surface area (Å²) in [6.45, 7) is 7.47. The van der Waals surface area contributed by atoms with Crippen molar-refractivity contribution in [2.45, 2.75) is 26.4 Å². The molecule has 0 radical (unpaired) electrons. The standard InChI is InChI=1S/C31H29F2N5O4/c1-31(2,3)42-30(41)38-13-11-37(12-14-38)27-18-34-25-10-7-19(16-26(25)36-27)28(39)23-9-8-22(17-24(23)33)35-29(40)20-5-4-6-21(32)15-20/h4-10,15-18H,11-14H2,1-3H3,(H,35,40). The molecule has 0 aliphatic carbocycles. The van der Waals surface area contributed by atoms with E-state index in [9.17, 15) is 23.2 Å².